The number of nitrogens with zero attached hydrogens (tertiary/aromatic N) is 3. The summed E-state index contributed by atoms with van der Waals surface area (Å²) in [5.74, 6) is 1.10. The maximum Gasteiger partial charge on any atom is 0.193 e. The summed E-state index contributed by atoms with van der Waals surface area (Å²) in [6, 6.07) is 0. The lowest BCUT2D eigenvalue weighted by atomic mass is 10.4. The number of guanidine groups is 1. The van der Waals surface area contributed by atoms with Gasteiger partial charge in [-0.3, -0.25) is 4.99 Å². The molecule has 0 spiro atoms. The van der Waals surface area contributed by atoms with Gasteiger partial charge >= 0.3 is 0 Å². The standard InChI is InChI=1S/C12H26N4/c1-4-13-12(16-9-6-7-10-16)14-8-11-15(3)5-2/h4-11H2,1-3H3,(H,13,14). The molecule has 1 fully saturated rings. The predicted octanol–water partition coefficient (Wildman–Crippen LogP) is 0.999. The number of hydrogen-bond acceptors (Lipinski definition) is 2. The van der Waals surface area contributed by atoms with Crippen molar-refractivity contribution in [1.29, 1.82) is 0 Å². The van der Waals surface area contributed by atoms with Crippen molar-refractivity contribution in [2.45, 2.75) is 26.7 Å². The Morgan fingerprint density at radius 1 is 1.31 bits per heavy atom. The molecular weight excluding hydrogens is 200 g/mol. The van der Waals surface area contributed by atoms with Crippen molar-refractivity contribution < 1.29 is 0 Å². The minimum absolute atomic E-state index is 0.892. The molecule has 0 unspecified atom stereocenters. The molecule has 0 aromatic rings. The highest BCUT2D eigenvalue weighted by molar-refractivity contribution is 5.80. The van der Waals surface area contributed by atoms with Gasteiger partial charge in [0.1, 0.15) is 0 Å². The third-order valence-corrected chi connectivity index (χ3v) is 3.02. The smallest absolute Gasteiger partial charge is 0.193 e. The normalized spacial score (nSPS) is 17.2. The van der Waals surface area contributed by atoms with E-state index in [2.05, 4.69) is 41.0 Å². The monoisotopic (exact) mass is 226 g/mol. The van der Waals surface area contributed by atoms with Crippen LogP contribution in [0.4, 0.5) is 0 Å². The zero-order valence-corrected chi connectivity index (χ0v) is 11.0. The molecule has 1 heterocycles. The number of hydrogen-bond donors (Lipinski definition) is 1. The van der Waals surface area contributed by atoms with E-state index in [1.54, 1.807) is 0 Å². The lowest BCUT2D eigenvalue weighted by Gasteiger charge is -2.21. The molecule has 1 N–H and O–H groups in total. The molecule has 4 heteroatoms. The van der Waals surface area contributed by atoms with Crippen LogP contribution in [-0.2, 0) is 0 Å². The van der Waals surface area contributed by atoms with Gasteiger partial charge in [-0.25, -0.2) is 0 Å². The summed E-state index contributed by atoms with van der Waals surface area (Å²) in [4.78, 5) is 9.33. The SMILES string of the molecule is CCNC(=NCCN(C)CC)N1CCCC1. The van der Waals surface area contributed by atoms with Gasteiger partial charge in [-0.2, -0.15) is 0 Å². The van der Waals surface area contributed by atoms with E-state index in [0.717, 1.165) is 45.2 Å². The van der Waals surface area contributed by atoms with Gasteiger partial charge in [0, 0.05) is 26.2 Å². The minimum Gasteiger partial charge on any atom is -0.357 e. The first kappa shape index (κ1) is 13.3. The van der Waals surface area contributed by atoms with Gasteiger partial charge in [0.05, 0.1) is 6.54 Å². The third-order valence-electron chi connectivity index (χ3n) is 3.02. The highest BCUT2D eigenvalue weighted by atomic mass is 15.3. The van der Waals surface area contributed by atoms with Crippen LogP contribution >= 0.6 is 0 Å². The molecule has 1 aliphatic rings. The molecule has 1 saturated heterocycles. The number of nitrogens with one attached hydrogen (secondary N) is 1. The average molecular weight is 226 g/mol. The number of likely N-dealkylation sites (N-methyl/N-ethyl adjacent to an activating group) is 1. The maximum atomic E-state index is 4.67. The molecule has 94 valence electrons. The second kappa shape index (κ2) is 7.49. The van der Waals surface area contributed by atoms with Gasteiger partial charge in [0.15, 0.2) is 5.96 Å². The summed E-state index contributed by atoms with van der Waals surface area (Å²) in [6.07, 6.45) is 2.61. The van der Waals surface area contributed by atoms with Gasteiger partial charge < -0.3 is 15.1 Å². The molecule has 0 bridgehead atoms. The first-order valence-corrected chi connectivity index (χ1v) is 6.49. The van der Waals surface area contributed by atoms with Crippen LogP contribution in [-0.4, -0.2) is 62.1 Å². The Balaban J connectivity index is 2.38. The van der Waals surface area contributed by atoms with E-state index in [-0.39, 0.29) is 0 Å². The zero-order chi connectivity index (χ0) is 11.8. The lowest BCUT2D eigenvalue weighted by Crippen LogP contribution is -2.40. The second-order valence-corrected chi connectivity index (χ2v) is 4.33. The third kappa shape index (κ3) is 4.39. The van der Waals surface area contributed by atoms with E-state index >= 15 is 0 Å². The van der Waals surface area contributed by atoms with Gasteiger partial charge in [0.25, 0.3) is 0 Å². The van der Waals surface area contributed by atoms with Gasteiger partial charge in [-0.05, 0) is 33.4 Å². The quantitative estimate of drug-likeness (QED) is 0.560. The second-order valence-electron chi connectivity index (χ2n) is 4.33. The number of rotatable bonds is 5. The van der Waals surface area contributed by atoms with E-state index < -0.39 is 0 Å². The van der Waals surface area contributed by atoms with Crippen LogP contribution in [0.15, 0.2) is 4.99 Å². The van der Waals surface area contributed by atoms with Crippen LogP contribution in [0.5, 0.6) is 0 Å². The van der Waals surface area contributed by atoms with Gasteiger partial charge in [-0.15, -0.1) is 0 Å². The fourth-order valence-electron chi connectivity index (χ4n) is 1.84. The highest BCUT2D eigenvalue weighted by Gasteiger charge is 2.14. The highest BCUT2D eigenvalue weighted by Crippen LogP contribution is 2.07. The molecule has 0 atom stereocenters. The van der Waals surface area contributed by atoms with E-state index in [9.17, 15) is 0 Å². The Morgan fingerprint density at radius 2 is 2.00 bits per heavy atom. The van der Waals surface area contributed by atoms with Crippen molar-refractivity contribution in [3.05, 3.63) is 0 Å². The van der Waals surface area contributed by atoms with Crippen molar-refractivity contribution in [2.75, 3.05) is 46.3 Å². The minimum atomic E-state index is 0.892. The molecule has 0 aromatic carbocycles. The molecular formula is C12H26N4. The summed E-state index contributed by atoms with van der Waals surface area (Å²) in [6.45, 7) is 10.6. The van der Waals surface area contributed by atoms with Crippen LogP contribution in [0.3, 0.4) is 0 Å². The summed E-state index contributed by atoms with van der Waals surface area (Å²) in [7, 11) is 2.14. The van der Waals surface area contributed by atoms with Crippen molar-refractivity contribution in [1.82, 2.24) is 15.1 Å². The molecule has 4 nitrogen and oxygen atoms in total. The molecule has 16 heavy (non-hydrogen) atoms. The Morgan fingerprint density at radius 3 is 2.56 bits per heavy atom. The molecule has 1 rings (SSSR count). The number of likely N-dealkylation sites (tertiary alicyclic amines) is 1. The van der Waals surface area contributed by atoms with Crippen molar-refractivity contribution >= 4 is 5.96 Å². The lowest BCUT2D eigenvalue weighted by molar-refractivity contribution is 0.362. The first-order valence-electron chi connectivity index (χ1n) is 6.49. The van der Waals surface area contributed by atoms with Crippen LogP contribution in [0.2, 0.25) is 0 Å². The molecule has 0 aromatic heterocycles. The fraction of sp³-hybridized carbons (Fsp3) is 0.917. The fourth-order valence-corrected chi connectivity index (χ4v) is 1.84. The summed E-state index contributed by atoms with van der Waals surface area (Å²) in [5, 5.41) is 3.37. The van der Waals surface area contributed by atoms with Crippen LogP contribution < -0.4 is 5.32 Å². The van der Waals surface area contributed by atoms with Crippen molar-refractivity contribution in [3.63, 3.8) is 0 Å². The topological polar surface area (TPSA) is 30.9 Å². The maximum absolute atomic E-state index is 4.67. The molecule has 0 amide bonds. The largest absolute Gasteiger partial charge is 0.357 e. The Labute approximate surface area is 99.7 Å². The molecule has 0 aliphatic carbocycles. The van der Waals surface area contributed by atoms with Crippen LogP contribution in [0.25, 0.3) is 0 Å². The van der Waals surface area contributed by atoms with E-state index in [0.29, 0.717) is 0 Å². The summed E-state index contributed by atoms with van der Waals surface area (Å²) < 4.78 is 0. The molecule has 0 saturated carbocycles. The summed E-state index contributed by atoms with van der Waals surface area (Å²) in [5.41, 5.74) is 0. The summed E-state index contributed by atoms with van der Waals surface area (Å²) >= 11 is 0. The van der Waals surface area contributed by atoms with E-state index in [4.69, 9.17) is 0 Å². The van der Waals surface area contributed by atoms with E-state index in [1.807, 2.05) is 0 Å². The van der Waals surface area contributed by atoms with Crippen LogP contribution in [0, 0.1) is 0 Å². The zero-order valence-electron chi connectivity index (χ0n) is 11.0. The Hall–Kier alpha value is -0.770. The van der Waals surface area contributed by atoms with Crippen LogP contribution in [0.1, 0.15) is 26.7 Å². The van der Waals surface area contributed by atoms with Gasteiger partial charge in [-0.1, -0.05) is 6.92 Å². The molecule has 1 aliphatic heterocycles. The van der Waals surface area contributed by atoms with Crippen molar-refractivity contribution in [3.8, 4) is 0 Å². The van der Waals surface area contributed by atoms with Crippen molar-refractivity contribution in [2.24, 2.45) is 4.99 Å². The molecule has 0 radical (unpaired) electrons. The predicted molar refractivity (Wildman–Crippen MR) is 70.0 cm³/mol. The van der Waals surface area contributed by atoms with E-state index in [1.165, 1.54) is 12.8 Å². The number of aliphatic imine (C=N–C) groups is 1. The first-order chi connectivity index (χ1) is 7.77. The average Bonchev–Trinajstić information content (AvgIpc) is 2.81. The Bertz CT molecular complexity index is 209. The Kier molecular flexibility index (Phi) is 6.23. The van der Waals surface area contributed by atoms with Gasteiger partial charge in [0.2, 0.25) is 0 Å².